The van der Waals surface area contributed by atoms with Crippen molar-refractivity contribution in [2.45, 2.75) is 38.7 Å². The van der Waals surface area contributed by atoms with E-state index in [0.29, 0.717) is 33.0 Å². The molecule has 0 amide bonds. The van der Waals surface area contributed by atoms with E-state index >= 15 is 0 Å². The second-order valence-electron chi connectivity index (χ2n) is 8.75. The Morgan fingerprint density at radius 3 is 2.49 bits per heavy atom. The van der Waals surface area contributed by atoms with E-state index in [1.54, 1.807) is 18.2 Å². The second kappa shape index (κ2) is 9.76. The summed E-state index contributed by atoms with van der Waals surface area (Å²) in [4.78, 5) is 11.1. The Morgan fingerprint density at radius 2 is 1.80 bits per heavy atom. The van der Waals surface area contributed by atoms with E-state index in [1.165, 1.54) is 0 Å². The quantitative estimate of drug-likeness (QED) is 0.264. The van der Waals surface area contributed by atoms with Crippen LogP contribution in [-0.4, -0.2) is 16.2 Å². The van der Waals surface area contributed by atoms with Crippen LogP contribution >= 0.6 is 23.2 Å². The summed E-state index contributed by atoms with van der Waals surface area (Å²) in [6, 6.07) is 18.9. The van der Waals surface area contributed by atoms with Crippen LogP contribution in [0.2, 0.25) is 10.0 Å². The van der Waals surface area contributed by atoms with Crippen molar-refractivity contribution in [1.29, 1.82) is 0 Å². The first-order valence-corrected chi connectivity index (χ1v) is 12.1. The zero-order valence-electron chi connectivity index (χ0n) is 19.1. The largest absolute Gasteiger partial charge is 0.488 e. The molecular weight excluding hydrogens is 485 g/mol. The molecule has 5 rings (SSSR count). The fourth-order valence-corrected chi connectivity index (χ4v) is 4.90. The Kier molecular flexibility index (Phi) is 6.54. The van der Waals surface area contributed by atoms with Crippen molar-refractivity contribution in [3.8, 4) is 28.1 Å². The van der Waals surface area contributed by atoms with Gasteiger partial charge >= 0.3 is 5.97 Å². The number of aliphatic carboxylic acids is 1. The third-order valence-corrected chi connectivity index (χ3v) is 6.79. The van der Waals surface area contributed by atoms with Gasteiger partial charge in [0.2, 0.25) is 0 Å². The number of aromatic nitrogens is 1. The van der Waals surface area contributed by atoms with Gasteiger partial charge in [0.15, 0.2) is 0 Å². The molecule has 0 unspecified atom stereocenters. The van der Waals surface area contributed by atoms with Gasteiger partial charge in [0, 0.05) is 17.0 Å². The number of nitrogens with zero attached hydrogens (tertiary/aromatic N) is 1. The molecule has 4 aromatic rings. The van der Waals surface area contributed by atoms with Gasteiger partial charge in [-0.25, -0.2) is 0 Å². The summed E-state index contributed by atoms with van der Waals surface area (Å²) in [6.45, 7) is 2.22. The first-order valence-electron chi connectivity index (χ1n) is 11.4. The minimum absolute atomic E-state index is 0.00984. The highest BCUT2D eigenvalue weighted by Gasteiger charge is 2.33. The van der Waals surface area contributed by atoms with E-state index in [-0.39, 0.29) is 13.0 Å². The first kappa shape index (κ1) is 23.5. The number of hydrogen-bond acceptors (Lipinski definition) is 4. The molecule has 178 valence electrons. The molecule has 0 radical (unpaired) electrons. The zero-order chi connectivity index (χ0) is 24.5. The summed E-state index contributed by atoms with van der Waals surface area (Å²) in [5, 5.41) is 14.5. The lowest BCUT2D eigenvalue weighted by atomic mass is 9.97. The van der Waals surface area contributed by atoms with Crippen LogP contribution in [0, 0.1) is 6.92 Å². The van der Waals surface area contributed by atoms with Gasteiger partial charge in [0.1, 0.15) is 23.8 Å². The average Bonchev–Trinajstić information content (AvgIpc) is 3.58. The monoisotopic (exact) mass is 507 g/mol. The number of aryl methyl sites for hydroxylation is 1. The van der Waals surface area contributed by atoms with E-state index in [9.17, 15) is 4.79 Å². The molecule has 1 saturated carbocycles. The van der Waals surface area contributed by atoms with Gasteiger partial charge in [-0.15, -0.1) is 0 Å². The highest BCUT2D eigenvalue weighted by Crippen LogP contribution is 2.46. The summed E-state index contributed by atoms with van der Waals surface area (Å²) in [5.41, 5.74) is 5.75. The molecule has 5 nitrogen and oxygen atoms in total. The smallest absolute Gasteiger partial charge is 0.307 e. The number of para-hydroxylation sites is 1. The van der Waals surface area contributed by atoms with E-state index in [1.807, 2.05) is 49.4 Å². The van der Waals surface area contributed by atoms with Gasteiger partial charge in [-0.3, -0.25) is 4.79 Å². The van der Waals surface area contributed by atoms with Crippen LogP contribution in [0.25, 0.3) is 22.4 Å². The molecule has 0 atom stereocenters. The fourth-order valence-electron chi connectivity index (χ4n) is 4.33. The van der Waals surface area contributed by atoms with Crippen LogP contribution in [0.15, 0.2) is 65.2 Å². The highest BCUT2D eigenvalue weighted by atomic mass is 35.5. The van der Waals surface area contributed by atoms with Gasteiger partial charge in [-0.1, -0.05) is 70.8 Å². The molecule has 0 aliphatic heterocycles. The van der Waals surface area contributed by atoms with Gasteiger partial charge in [-0.05, 0) is 54.7 Å². The molecule has 7 heteroatoms. The zero-order valence-corrected chi connectivity index (χ0v) is 20.6. The van der Waals surface area contributed by atoms with Crippen molar-refractivity contribution in [2.24, 2.45) is 0 Å². The van der Waals surface area contributed by atoms with Crippen LogP contribution in [0.3, 0.4) is 0 Å². The summed E-state index contributed by atoms with van der Waals surface area (Å²) in [7, 11) is 0. The van der Waals surface area contributed by atoms with Gasteiger partial charge in [-0.2, -0.15) is 0 Å². The van der Waals surface area contributed by atoms with Crippen molar-refractivity contribution in [3.63, 3.8) is 0 Å². The minimum atomic E-state index is -0.851. The van der Waals surface area contributed by atoms with E-state index < -0.39 is 5.97 Å². The molecule has 1 heterocycles. The van der Waals surface area contributed by atoms with Crippen LogP contribution in [0.4, 0.5) is 0 Å². The van der Waals surface area contributed by atoms with E-state index in [0.717, 1.165) is 46.4 Å². The molecule has 35 heavy (non-hydrogen) atoms. The van der Waals surface area contributed by atoms with Crippen molar-refractivity contribution in [3.05, 3.63) is 93.2 Å². The molecular formula is C28H23Cl2NO4. The number of carboxylic acid groups (broad SMARTS) is 1. The molecule has 1 aromatic heterocycles. The number of carboxylic acids is 1. The molecule has 0 bridgehead atoms. The molecule has 0 saturated heterocycles. The maximum atomic E-state index is 11.1. The third-order valence-electron chi connectivity index (χ3n) is 6.16. The Balaban J connectivity index is 1.48. The van der Waals surface area contributed by atoms with E-state index in [4.69, 9.17) is 37.6 Å². The minimum Gasteiger partial charge on any atom is -0.488 e. The molecule has 1 N–H and O–H groups in total. The number of halogens is 2. The van der Waals surface area contributed by atoms with Crippen LogP contribution < -0.4 is 4.74 Å². The average molecular weight is 508 g/mol. The summed E-state index contributed by atoms with van der Waals surface area (Å²) >= 11 is 13.0. The van der Waals surface area contributed by atoms with Crippen LogP contribution in [0.5, 0.6) is 5.75 Å². The Morgan fingerprint density at radius 1 is 1.06 bits per heavy atom. The molecule has 3 aromatic carbocycles. The fraction of sp³-hybridized carbons (Fsp3) is 0.214. The lowest BCUT2D eigenvalue weighted by molar-refractivity contribution is -0.136. The van der Waals surface area contributed by atoms with Gasteiger partial charge in [0.25, 0.3) is 0 Å². The SMILES string of the molecule is Cc1cc(CC(=O)O)ccc1-c1ccccc1OCc1c(-c2c(Cl)cccc2Cl)noc1C1CC1. The Labute approximate surface area is 213 Å². The maximum absolute atomic E-state index is 11.1. The maximum Gasteiger partial charge on any atom is 0.307 e. The topological polar surface area (TPSA) is 72.6 Å². The molecule has 1 fully saturated rings. The van der Waals surface area contributed by atoms with Crippen molar-refractivity contribution in [1.82, 2.24) is 5.16 Å². The first-order chi connectivity index (χ1) is 16.9. The van der Waals surface area contributed by atoms with Gasteiger partial charge in [0.05, 0.1) is 22.0 Å². The third kappa shape index (κ3) is 4.93. The van der Waals surface area contributed by atoms with Crippen molar-refractivity contribution < 1.29 is 19.2 Å². The lowest BCUT2D eigenvalue weighted by Crippen LogP contribution is -2.02. The predicted molar refractivity (Wildman–Crippen MR) is 136 cm³/mol. The summed E-state index contributed by atoms with van der Waals surface area (Å²) in [6.07, 6.45) is 2.09. The lowest BCUT2D eigenvalue weighted by Gasteiger charge is -2.15. The van der Waals surface area contributed by atoms with Crippen LogP contribution in [-0.2, 0) is 17.8 Å². The Hall–Kier alpha value is -3.28. The number of benzene rings is 3. The Bertz CT molecular complexity index is 1390. The number of hydrogen-bond donors (Lipinski definition) is 1. The second-order valence-corrected chi connectivity index (χ2v) is 9.56. The van der Waals surface area contributed by atoms with E-state index in [2.05, 4.69) is 5.16 Å². The standard InChI is InChI=1S/C28H23Cl2NO4/c1-16-13-17(14-25(32)33)9-12-19(16)20-5-2-3-8-24(20)34-15-21-27(31-35-28(21)18-10-11-18)26-22(29)6-4-7-23(26)30/h2-9,12-13,18H,10-11,14-15H2,1H3,(H,32,33). The van der Waals surface area contributed by atoms with Gasteiger partial charge < -0.3 is 14.4 Å². The number of ether oxygens (including phenoxy) is 1. The molecule has 0 spiro atoms. The number of carbonyl (C=O) groups is 1. The molecule has 1 aliphatic carbocycles. The highest BCUT2D eigenvalue weighted by molar-refractivity contribution is 6.39. The van der Waals surface area contributed by atoms with Crippen LogP contribution in [0.1, 0.15) is 41.2 Å². The predicted octanol–water partition coefficient (Wildman–Crippen LogP) is 7.71. The summed E-state index contributed by atoms with van der Waals surface area (Å²) < 4.78 is 12.1. The number of rotatable bonds is 8. The summed E-state index contributed by atoms with van der Waals surface area (Å²) in [5.74, 6) is 1.01. The normalized spacial score (nSPS) is 13.1. The van der Waals surface area contributed by atoms with Crippen molar-refractivity contribution in [2.75, 3.05) is 0 Å². The van der Waals surface area contributed by atoms with Crippen molar-refractivity contribution >= 4 is 29.2 Å². The molecule has 1 aliphatic rings.